The SMILES string of the molecule is CCCNCc1ccc(OCCc2ccsc2)c(Br)c1. The summed E-state index contributed by atoms with van der Waals surface area (Å²) >= 11 is 5.31. The third-order valence-corrected chi connectivity index (χ3v) is 4.33. The van der Waals surface area contributed by atoms with E-state index >= 15 is 0 Å². The highest BCUT2D eigenvalue weighted by molar-refractivity contribution is 9.10. The zero-order valence-electron chi connectivity index (χ0n) is 11.7. The zero-order chi connectivity index (χ0) is 14.2. The maximum absolute atomic E-state index is 5.83. The van der Waals surface area contributed by atoms with Crippen molar-refractivity contribution in [3.05, 3.63) is 50.6 Å². The summed E-state index contributed by atoms with van der Waals surface area (Å²) < 4.78 is 6.85. The Labute approximate surface area is 133 Å². The van der Waals surface area contributed by atoms with Crippen molar-refractivity contribution in [3.8, 4) is 5.75 Å². The lowest BCUT2D eigenvalue weighted by molar-refractivity contribution is 0.320. The van der Waals surface area contributed by atoms with Gasteiger partial charge in [0.2, 0.25) is 0 Å². The van der Waals surface area contributed by atoms with Gasteiger partial charge in [-0.15, -0.1) is 0 Å². The molecule has 2 nitrogen and oxygen atoms in total. The zero-order valence-corrected chi connectivity index (χ0v) is 14.1. The van der Waals surface area contributed by atoms with Crippen LogP contribution in [0.5, 0.6) is 5.75 Å². The number of benzene rings is 1. The van der Waals surface area contributed by atoms with Crippen LogP contribution in [0.25, 0.3) is 0 Å². The number of hydrogen-bond donors (Lipinski definition) is 1. The quantitative estimate of drug-likeness (QED) is 0.698. The van der Waals surface area contributed by atoms with Crippen LogP contribution in [0.1, 0.15) is 24.5 Å². The van der Waals surface area contributed by atoms with Gasteiger partial charge in [-0.25, -0.2) is 0 Å². The molecule has 0 atom stereocenters. The molecule has 0 bridgehead atoms. The monoisotopic (exact) mass is 353 g/mol. The molecule has 0 radical (unpaired) electrons. The van der Waals surface area contributed by atoms with Gasteiger partial charge in [-0.2, -0.15) is 11.3 Å². The van der Waals surface area contributed by atoms with Crippen LogP contribution in [0.3, 0.4) is 0 Å². The molecule has 0 saturated heterocycles. The number of hydrogen-bond acceptors (Lipinski definition) is 3. The summed E-state index contributed by atoms with van der Waals surface area (Å²) in [6.45, 7) is 4.84. The van der Waals surface area contributed by atoms with Gasteiger partial charge < -0.3 is 10.1 Å². The van der Waals surface area contributed by atoms with Gasteiger partial charge >= 0.3 is 0 Å². The topological polar surface area (TPSA) is 21.3 Å². The van der Waals surface area contributed by atoms with E-state index in [1.54, 1.807) is 11.3 Å². The minimum atomic E-state index is 0.711. The summed E-state index contributed by atoms with van der Waals surface area (Å²) in [5.41, 5.74) is 2.61. The van der Waals surface area contributed by atoms with Gasteiger partial charge in [0, 0.05) is 13.0 Å². The molecule has 0 spiro atoms. The van der Waals surface area contributed by atoms with Gasteiger partial charge in [-0.1, -0.05) is 13.0 Å². The lowest BCUT2D eigenvalue weighted by Crippen LogP contribution is -2.13. The summed E-state index contributed by atoms with van der Waals surface area (Å²) in [4.78, 5) is 0. The van der Waals surface area contributed by atoms with E-state index < -0.39 is 0 Å². The van der Waals surface area contributed by atoms with Crippen molar-refractivity contribution in [1.29, 1.82) is 0 Å². The summed E-state index contributed by atoms with van der Waals surface area (Å²) in [7, 11) is 0. The van der Waals surface area contributed by atoms with Crippen molar-refractivity contribution in [2.75, 3.05) is 13.2 Å². The molecule has 1 N–H and O–H groups in total. The maximum Gasteiger partial charge on any atom is 0.133 e. The van der Waals surface area contributed by atoms with E-state index in [1.807, 2.05) is 6.07 Å². The molecule has 0 amide bonds. The first-order valence-corrected chi connectivity index (χ1v) is 8.66. The second kappa shape index (κ2) is 8.45. The molecule has 0 aliphatic rings. The Morgan fingerprint density at radius 2 is 2.15 bits per heavy atom. The van der Waals surface area contributed by atoms with Gasteiger partial charge in [-0.05, 0) is 69.0 Å². The van der Waals surface area contributed by atoms with Crippen LogP contribution in [-0.2, 0) is 13.0 Å². The van der Waals surface area contributed by atoms with Gasteiger partial charge in [0.05, 0.1) is 11.1 Å². The van der Waals surface area contributed by atoms with E-state index in [4.69, 9.17) is 4.74 Å². The Bertz CT molecular complexity index is 513. The molecule has 20 heavy (non-hydrogen) atoms. The summed E-state index contributed by atoms with van der Waals surface area (Å²) in [5.74, 6) is 0.916. The molecule has 0 saturated carbocycles. The molecule has 108 valence electrons. The molecule has 4 heteroatoms. The van der Waals surface area contributed by atoms with E-state index in [0.717, 1.165) is 36.2 Å². The first kappa shape index (κ1) is 15.5. The highest BCUT2D eigenvalue weighted by Gasteiger charge is 2.03. The van der Waals surface area contributed by atoms with Crippen LogP contribution in [0.4, 0.5) is 0 Å². The molecule has 1 aromatic carbocycles. The van der Waals surface area contributed by atoms with Crippen molar-refractivity contribution in [2.24, 2.45) is 0 Å². The standard InChI is InChI=1S/C16H20BrNOS/c1-2-7-18-11-14-3-4-16(15(17)10-14)19-8-5-13-6-9-20-12-13/h3-4,6,9-10,12,18H,2,5,7-8,11H2,1H3. The normalized spacial score (nSPS) is 10.7. The Kier molecular flexibility index (Phi) is 6.57. The lowest BCUT2D eigenvalue weighted by atomic mass is 10.2. The highest BCUT2D eigenvalue weighted by atomic mass is 79.9. The minimum absolute atomic E-state index is 0.711. The van der Waals surface area contributed by atoms with E-state index in [0.29, 0.717) is 6.61 Å². The van der Waals surface area contributed by atoms with Crippen LogP contribution < -0.4 is 10.1 Å². The molecular weight excluding hydrogens is 334 g/mol. The lowest BCUT2D eigenvalue weighted by Gasteiger charge is -2.10. The minimum Gasteiger partial charge on any atom is -0.492 e. The van der Waals surface area contributed by atoms with Gasteiger partial charge in [0.25, 0.3) is 0 Å². The average molecular weight is 354 g/mol. The van der Waals surface area contributed by atoms with Crippen molar-refractivity contribution in [3.63, 3.8) is 0 Å². The number of rotatable bonds is 8. The summed E-state index contributed by atoms with van der Waals surface area (Å²) in [6.07, 6.45) is 2.11. The Balaban J connectivity index is 1.82. The summed E-state index contributed by atoms with van der Waals surface area (Å²) in [6, 6.07) is 8.43. The Morgan fingerprint density at radius 1 is 1.25 bits per heavy atom. The van der Waals surface area contributed by atoms with Gasteiger partial charge in [0.15, 0.2) is 0 Å². The molecule has 0 unspecified atom stereocenters. The van der Waals surface area contributed by atoms with Crippen LogP contribution in [-0.4, -0.2) is 13.2 Å². The van der Waals surface area contributed by atoms with E-state index in [2.05, 4.69) is 57.1 Å². The smallest absolute Gasteiger partial charge is 0.133 e. The predicted molar refractivity (Wildman–Crippen MR) is 89.7 cm³/mol. The molecule has 0 aliphatic carbocycles. The fourth-order valence-electron chi connectivity index (χ4n) is 1.89. The fourth-order valence-corrected chi connectivity index (χ4v) is 3.14. The fraction of sp³-hybridized carbons (Fsp3) is 0.375. The average Bonchev–Trinajstić information content (AvgIpc) is 2.95. The molecule has 2 aromatic rings. The van der Waals surface area contributed by atoms with Crippen molar-refractivity contribution < 1.29 is 4.74 Å². The third kappa shape index (κ3) is 4.93. The number of nitrogens with one attached hydrogen (secondary N) is 1. The molecule has 1 aromatic heterocycles. The van der Waals surface area contributed by atoms with Gasteiger partial charge in [-0.3, -0.25) is 0 Å². The maximum atomic E-state index is 5.83. The number of ether oxygens (including phenoxy) is 1. The Hall–Kier alpha value is -0.840. The van der Waals surface area contributed by atoms with E-state index in [1.165, 1.54) is 11.1 Å². The molecular formula is C16H20BrNOS. The Morgan fingerprint density at radius 3 is 2.85 bits per heavy atom. The molecule has 1 heterocycles. The first-order valence-electron chi connectivity index (χ1n) is 6.92. The second-order valence-electron chi connectivity index (χ2n) is 4.67. The number of thiophene rings is 1. The molecule has 0 aliphatic heterocycles. The second-order valence-corrected chi connectivity index (χ2v) is 6.31. The van der Waals surface area contributed by atoms with Crippen LogP contribution in [0.15, 0.2) is 39.5 Å². The van der Waals surface area contributed by atoms with Gasteiger partial charge in [0.1, 0.15) is 5.75 Å². The van der Waals surface area contributed by atoms with Crippen LogP contribution >= 0.6 is 27.3 Å². The van der Waals surface area contributed by atoms with Crippen LogP contribution in [0, 0.1) is 0 Å². The van der Waals surface area contributed by atoms with E-state index in [9.17, 15) is 0 Å². The van der Waals surface area contributed by atoms with E-state index in [-0.39, 0.29) is 0 Å². The van der Waals surface area contributed by atoms with Crippen molar-refractivity contribution in [2.45, 2.75) is 26.3 Å². The first-order chi connectivity index (χ1) is 9.79. The summed E-state index contributed by atoms with van der Waals surface area (Å²) in [5, 5.41) is 7.67. The predicted octanol–water partition coefficient (Wildman–Crippen LogP) is 4.63. The highest BCUT2D eigenvalue weighted by Crippen LogP contribution is 2.26. The molecule has 0 fully saturated rings. The molecule has 2 rings (SSSR count). The van der Waals surface area contributed by atoms with Crippen LogP contribution in [0.2, 0.25) is 0 Å². The third-order valence-electron chi connectivity index (χ3n) is 2.98. The number of halogens is 1. The largest absolute Gasteiger partial charge is 0.492 e. The van der Waals surface area contributed by atoms with Crippen molar-refractivity contribution >= 4 is 27.3 Å². The van der Waals surface area contributed by atoms with Crippen molar-refractivity contribution in [1.82, 2.24) is 5.32 Å².